The van der Waals surface area contributed by atoms with Gasteiger partial charge in [0.2, 0.25) is 17.7 Å². The molecule has 1 aliphatic heterocycles. The highest BCUT2D eigenvalue weighted by molar-refractivity contribution is 7.86. The fourth-order valence-electron chi connectivity index (χ4n) is 5.78. The summed E-state index contributed by atoms with van der Waals surface area (Å²) in [7, 11) is -3.83. The van der Waals surface area contributed by atoms with Crippen molar-refractivity contribution in [1.29, 1.82) is 0 Å². The summed E-state index contributed by atoms with van der Waals surface area (Å²) < 4.78 is 51.0. The first-order valence-corrected chi connectivity index (χ1v) is 20.8. The van der Waals surface area contributed by atoms with Gasteiger partial charge in [-0.2, -0.15) is 8.42 Å². The van der Waals surface area contributed by atoms with Gasteiger partial charge in [-0.3, -0.25) is 18.6 Å². The minimum Gasteiger partial charge on any atom is -0.391 e. The zero-order valence-electron chi connectivity index (χ0n) is 32.7. The minimum atomic E-state index is -3.83. The lowest BCUT2D eigenvalue weighted by atomic mass is 9.85. The Labute approximate surface area is 333 Å². The van der Waals surface area contributed by atoms with Crippen LogP contribution >= 0.6 is 11.3 Å². The quantitative estimate of drug-likeness (QED) is 0.0994. The summed E-state index contributed by atoms with van der Waals surface area (Å²) >= 11 is 1.57. The zero-order chi connectivity index (χ0) is 40.7. The summed E-state index contributed by atoms with van der Waals surface area (Å²) in [5, 5.41) is 16.1. The molecule has 2 aromatic carbocycles. The van der Waals surface area contributed by atoms with Gasteiger partial charge in [0.05, 0.1) is 79.9 Å². The van der Waals surface area contributed by atoms with Gasteiger partial charge in [0.15, 0.2) is 0 Å². The number of amides is 3. The summed E-state index contributed by atoms with van der Waals surface area (Å²) in [5.41, 5.74) is 4.94. The van der Waals surface area contributed by atoms with Crippen molar-refractivity contribution in [2.24, 2.45) is 5.41 Å². The fourth-order valence-corrected chi connectivity index (χ4v) is 7.49. The van der Waals surface area contributed by atoms with E-state index in [0.29, 0.717) is 6.61 Å². The van der Waals surface area contributed by atoms with Crippen molar-refractivity contribution < 1.29 is 51.0 Å². The Kier molecular flexibility index (Phi) is 17.4. The number of hydrogen-bond donors (Lipinski definition) is 3. The number of aromatic nitrogens is 1. The van der Waals surface area contributed by atoms with Gasteiger partial charge in [0, 0.05) is 19.5 Å². The van der Waals surface area contributed by atoms with Crippen LogP contribution in [0.15, 0.2) is 58.9 Å². The maximum Gasteiger partial charge on any atom is 0.297 e. The average molecular weight is 819 g/mol. The van der Waals surface area contributed by atoms with E-state index in [1.54, 1.807) is 29.0 Å². The standard InChI is InChI=1S/C39H54N4O11S2/c1-27-6-12-32(13-7-27)56(48,49)54-21-20-52-17-16-50-14-15-51-18-19-53-25-34(45)42-36(39(3,4)5)38(47)43-24-31(44)22-33(43)37(46)40-23-29-8-10-30(11-9-29)35-28(2)41-26-55-35/h6-13,26,31,33,36,44H,14-25H2,1-5H3,(H,40,46)(H,42,45)/t31-,33+,36?/m1/s1. The van der Waals surface area contributed by atoms with Crippen LogP contribution in [0.2, 0.25) is 0 Å². The topological polar surface area (TPSA) is 192 Å². The molecular formula is C39H54N4O11S2. The van der Waals surface area contributed by atoms with Crippen molar-refractivity contribution in [3.05, 3.63) is 70.9 Å². The molecule has 1 unspecified atom stereocenters. The molecule has 15 nitrogen and oxygen atoms in total. The maximum absolute atomic E-state index is 13.8. The van der Waals surface area contributed by atoms with Gasteiger partial charge in [-0.1, -0.05) is 62.7 Å². The molecule has 1 aliphatic rings. The molecule has 3 amide bonds. The number of β-amino-alcohol motifs (C(OH)–C–C–N with tert-alkyl or cyclic N) is 1. The summed E-state index contributed by atoms with van der Waals surface area (Å²) in [5.74, 6) is -1.34. The summed E-state index contributed by atoms with van der Waals surface area (Å²) in [4.78, 5) is 46.8. The van der Waals surface area contributed by atoms with Gasteiger partial charge in [-0.25, -0.2) is 4.98 Å². The number of nitrogens with one attached hydrogen (secondary N) is 2. The summed E-state index contributed by atoms with van der Waals surface area (Å²) in [6, 6.07) is 12.3. The van der Waals surface area contributed by atoms with Crippen molar-refractivity contribution in [2.75, 3.05) is 66.0 Å². The Morgan fingerprint density at radius 3 is 2.05 bits per heavy atom. The molecule has 56 heavy (non-hydrogen) atoms. The molecule has 0 saturated carbocycles. The molecule has 3 aromatic rings. The van der Waals surface area contributed by atoms with Crippen molar-refractivity contribution >= 4 is 39.2 Å². The predicted octanol–water partition coefficient (Wildman–Crippen LogP) is 3.01. The van der Waals surface area contributed by atoms with E-state index in [9.17, 15) is 27.9 Å². The molecule has 0 bridgehead atoms. The number of benzene rings is 2. The highest BCUT2D eigenvalue weighted by atomic mass is 32.2. The number of carbonyl (C=O) groups is 3. The Morgan fingerprint density at radius 1 is 0.893 bits per heavy atom. The average Bonchev–Trinajstić information content (AvgIpc) is 3.77. The van der Waals surface area contributed by atoms with Gasteiger partial charge in [0.25, 0.3) is 10.1 Å². The van der Waals surface area contributed by atoms with Crippen LogP contribution in [0.5, 0.6) is 0 Å². The smallest absolute Gasteiger partial charge is 0.297 e. The molecule has 0 aliphatic carbocycles. The summed E-state index contributed by atoms with van der Waals surface area (Å²) in [6.45, 7) is 10.6. The van der Waals surface area contributed by atoms with E-state index in [-0.39, 0.29) is 83.2 Å². The molecule has 0 spiro atoms. The second-order valence-electron chi connectivity index (χ2n) is 14.4. The van der Waals surface area contributed by atoms with E-state index in [0.717, 1.165) is 27.3 Å². The van der Waals surface area contributed by atoms with Gasteiger partial charge in [-0.15, -0.1) is 11.3 Å². The number of nitrogens with zero attached hydrogens (tertiary/aromatic N) is 2. The third-order valence-corrected chi connectivity index (χ3v) is 11.1. The molecule has 1 saturated heterocycles. The first kappa shape index (κ1) is 44.9. The first-order chi connectivity index (χ1) is 26.7. The van der Waals surface area contributed by atoms with Gasteiger partial charge in [-0.05, 0) is 42.5 Å². The second kappa shape index (κ2) is 21.6. The molecule has 1 aromatic heterocycles. The normalized spacial score (nSPS) is 16.5. The van der Waals surface area contributed by atoms with Crippen molar-refractivity contribution in [3.8, 4) is 10.4 Å². The second-order valence-corrected chi connectivity index (χ2v) is 16.9. The van der Waals surface area contributed by atoms with Crippen LogP contribution < -0.4 is 10.6 Å². The molecule has 0 radical (unpaired) electrons. The largest absolute Gasteiger partial charge is 0.391 e. The SMILES string of the molecule is Cc1ccc(S(=O)(=O)OCCOCCOCCOCCOCC(=O)NC(C(=O)N2C[C@H](O)C[C@H]2C(=O)NCc2ccc(-c3scnc3C)cc2)C(C)(C)C)cc1. The number of likely N-dealkylation sites (tertiary alicyclic amines) is 1. The predicted molar refractivity (Wildman–Crippen MR) is 209 cm³/mol. The van der Waals surface area contributed by atoms with Crippen LogP contribution in [-0.2, 0) is 54.2 Å². The number of carbonyl (C=O) groups excluding carboxylic acids is 3. The Balaban J connectivity index is 1.09. The van der Waals surface area contributed by atoms with E-state index < -0.39 is 45.5 Å². The zero-order valence-corrected chi connectivity index (χ0v) is 34.3. The van der Waals surface area contributed by atoms with Gasteiger partial charge < -0.3 is 39.6 Å². The third-order valence-electron chi connectivity index (χ3n) is 8.84. The van der Waals surface area contributed by atoms with Crippen LogP contribution in [0.3, 0.4) is 0 Å². The van der Waals surface area contributed by atoms with Crippen LogP contribution in [0, 0.1) is 19.3 Å². The Morgan fingerprint density at radius 2 is 1.48 bits per heavy atom. The van der Waals surface area contributed by atoms with E-state index >= 15 is 0 Å². The molecule has 308 valence electrons. The minimum absolute atomic E-state index is 0.0246. The van der Waals surface area contributed by atoms with Crippen molar-refractivity contribution in [1.82, 2.24) is 20.5 Å². The molecule has 2 heterocycles. The highest BCUT2D eigenvalue weighted by Crippen LogP contribution is 2.28. The lowest BCUT2D eigenvalue weighted by Gasteiger charge is -2.35. The monoisotopic (exact) mass is 818 g/mol. The van der Waals surface area contributed by atoms with Crippen molar-refractivity contribution in [3.63, 3.8) is 0 Å². The molecule has 1 fully saturated rings. The van der Waals surface area contributed by atoms with E-state index in [4.69, 9.17) is 23.1 Å². The van der Waals surface area contributed by atoms with Gasteiger partial charge in [0.1, 0.15) is 18.7 Å². The molecule has 4 rings (SSSR count). The van der Waals surface area contributed by atoms with E-state index in [1.807, 2.05) is 58.9 Å². The van der Waals surface area contributed by atoms with Crippen molar-refractivity contribution in [2.45, 2.75) is 70.7 Å². The number of aryl methyl sites for hydroxylation is 2. The van der Waals surface area contributed by atoms with Crippen LogP contribution in [0.25, 0.3) is 10.4 Å². The third kappa shape index (κ3) is 14.0. The maximum atomic E-state index is 13.8. The van der Waals surface area contributed by atoms with Crippen LogP contribution in [-0.4, -0.2) is 125 Å². The highest BCUT2D eigenvalue weighted by Gasteiger charge is 2.44. The van der Waals surface area contributed by atoms with E-state index in [2.05, 4.69) is 15.6 Å². The number of thiazole rings is 1. The molecule has 3 N–H and O–H groups in total. The lowest BCUT2D eigenvalue weighted by Crippen LogP contribution is -2.58. The number of rotatable bonds is 22. The Bertz CT molecular complexity index is 1810. The number of hydrogen-bond acceptors (Lipinski definition) is 13. The van der Waals surface area contributed by atoms with Crippen LogP contribution in [0.4, 0.5) is 0 Å². The lowest BCUT2D eigenvalue weighted by molar-refractivity contribution is -0.144. The fraction of sp³-hybridized carbons (Fsp3) is 0.538. The number of aliphatic hydroxyl groups is 1. The van der Waals surface area contributed by atoms with Gasteiger partial charge >= 0.3 is 0 Å². The number of aliphatic hydroxyl groups excluding tert-OH is 1. The summed E-state index contributed by atoms with van der Waals surface area (Å²) in [6.07, 6.45) is -0.786. The molecular weight excluding hydrogens is 765 g/mol. The molecule has 17 heteroatoms. The van der Waals surface area contributed by atoms with Crippen LogP contribution in [0.1, 0.15) is 44.0 Å². The molecule has 3 atom stereocenters. The first-order valence-electron chi connectivity index (χ1n) is 18.5. The number of ether oxygens (including phenoxy) is 4. The Hall–Kier alpha value is -3.81. The van der Waals surface area contributed by atoms with E-state index in [1.165, 1.54) is 17.0 Å².